The monoisotopic (exact) mass is 453 g/mol. The number of nitrogens with one attached hydrogen (secondary N) is 1. The molecule has 2 aliphatic heterocycles. The van der Waals surface area contributed by atoms with Gasteiger partial charge in [-0.2, -0.15) is 0 Å². The van der Waals surface area contributed by atoms with Gasteiger partial charge in [0.25, 0.3) is 5.91 Å². The first-order valence-electron chi connectivity index (χ1n) is 11.8. The molecular weight excluding hydrogens is 418 g/mol. The van der Waals surface area contributed by atoms with Crippen molar-refractivity contribution >= 4 is 11.7 Å². The van der Waals surface area contributed by atoms with E-state index in [1.807, 2.05) is 49.2 Å². The fraction of sp³-hybridized carbons (Fsp3) is 0.560. The number of benzene rings is 1. The zero-order valence-electron chi connectivity index (χ0n) is 20.0. The first-order valence-corrected chi connectivity index (χ1v) is 11.8. The molecule has 8 heteroatoms. The SMILES string of the molecule is CNc1cc([C@@]2(C)CCCN(C(=O)c3cccc(OCCN4CCOCC4)c3)C2)nc(C)n1. The highest BCUT2D eigenvalue weighted by Crippen LogP contribution is 2.34. The van der Waals surface area contributed by atoms with E-state index in [0.717, 1.165) is 75.3 Å². The first-order chi connectivity index (χ1) is 16.0. The van der Waals surface area contributed by atoms with Crippen molar-refractivity contribution in [3.05, 3.63) is 47.4 Å². The highest BCUT2D eigenvalue weighted by molar-refractivity contribution is 5.94. The Labute approximate surface area is 196 Å². The van der Waals surface area contributed by atoms with E-state index in [0.29, 0.717) is 18.7 Å². The molecule has 1 amide bonds. The van der Waals surface area contributed by atoms with Crippen LogP contribution >= 0.6 is 0 Å². The Morgan fingerprint density at radius 1 is 1.21 bits per heavy atom. The zero-order chi connectivity index (χ0) is 23.3. The Morgan fingerprint density at radius 2 is 2.03 bits per heavy atom. The van der Waals surface area contributed by atoms with Gasteiger partial charge in [0.1, 0.15) is 24.0 Å². The average molecular weight is 454 g/mol. The summed E-state index contributed by atoms with van der Waals surface area (Å²) in [6, 6.07) is 9.55. The van der Waals surface area contributed by atoms with Crippen LogP contribution in [0.1, 0.15) is 41.6 Å². The zero-order valence-corrected chi connectivity index (χ0v) is 20.0. The summed E-state index contributed by atoms with van der Waals surface area (Å²) in [5.74, 6) is 2.32. The van der Waals surface area contributed by atoms with E-state index in [4.69, 9.17) is 14.5 Å². The molecule has 0 aliphatic carbocycles. The summed E-state index contributed by atoms with van der Waals surface area (Å²) in [5.41, 5.74) is 1.44. The summed E-state index contributed by atoms with van der Waals surface area (Å²) in [6.45, 7) is 10.4. The average Bonchev–Trinajstić information content (AvgIpc) is 2.84. The van der Waals surface area contributed by atoms with Gasteiger partial charge in [-0.05, 0) is 38.0 Å². The second kappa shape index (κ2) is 10.5. The van der Waals surface area contributed by atoms with E-state index < -0.39 is 0 Å². The number of aryl methyl sites for hydroxylation is 1. The van der Waals surface area contributed by atoms with E-state index in [-0.39, 0.29) is 11.3 Å². The topological polar surface area (TPSA) is 79.8 Å². The molecule has 3 heterocycles. The van der Waals surface area contributed by atoms with Gasteiger partial charge < -0.3 is 19.7 Å². The quantitative estimate of drug-likeness (QED) is 0.690. The third kappa shape index (κ3) is 5.81. The van der Waals surface area contributed by atoms with E-state index in [1.165, 1.54) is 0 Å². The van der Waals surface area contributed by atoms with Gasteiger partial charge in [-0.25, -0.2) is 9.97 Å². The molecule has 1 atom stereocenters. The number of piperidine rings is 1. The van der Waals surface area contributed by atoms with Crippen LogP contribution < -0.4 is 10.1 Å². The Hall–Kier alpha value is -2.71. The van der Waals surface area contributed by atoms with Crippen LogP contribution in [0, 0.1) is 6.92 Å². The number of morpholine rings is 1. The number of aromatic nitrogens is 2. The fourth-order valence-corrected chi connectivity index (χ4v) is 4.65. The molecule has 2 aromatic rings. The maximum atomic E-state index is 13.4. The van der Waals surface area contributed by atoms with Crippen molar-refractivity contribution in [2.45, 2.75) is 32.1 Å². The number of ether oxygens (including phenoxy) is 2. The minimum atomic E-state index is -0.209. The lowest BCUT2D eigenvalue weighted by Gasteiger charge is -2.40. The highest BCUT2D eigenvalue weighted by atomic mass is 16.5. The molecule has 0 unspecified atom stereocenters. The summed E-state index contributed by atoms with van der Waals surface area (Å²) in [6.07, 6.45) is 1.93. The Bertz CT molecular complexity index is 963. The van der Waals surface area contributed by atoms with Gasteiger partial charge in [-0.3, -0.25) is 9.69 Å². The predicted octanol–water partition coefficient (Wildman–Crippen LogP) is 2.73. The Morgan fingerprint density at radius 3 is 2.82 bits per heavy atom. The molecule has 2 aliphatic rings. The molecular formula is C25H35N5O3. The molecule has 0 bridgehead atoms. The van der Waals surface area contributed by atoms with Crippen molar-refractivity contribution in [2.75, 3.05) is 64.9 Å². The second-order valence-electron chi connectivity index (χ2n) is 9.16. The van der Waals surface area contributed by atoms with Crippen LogP contribution in [0.2, 0.25) is 0 Å². The third-order valence-electron chi connectivity index (χ3n) is 6.56. The third-order valence-corrected chi connectivity index (χ3v) is 6.56. The van der Waals surface area contributed by atoms with Crippen molar-refractivity contribution in [1.82, 2.24) is 19.8 Å². The van der Waals surface area contributed by atoms with Crippen molar-refractivity contribution in [1.29, 1.82) is 0 Å². The van der Waals surface area contributed by atoms with E-state index in [2.05, 4.69) is 22.1 Å². The molecule has 4 rings (SSSR count). The van der Waals surface area contributed by atoms with Gasteiger partial charge in [0, 0.05) is 56.8 Å². The summed E-state index contributed by atoms with van der Waals surface area (Å²) in [5, 5.41) is 3.11. The highest BCUT2D eigenvalue weighted by Gasteiger charge is 2.36. The molecule has 1 N–H and O–H groups in total. The summed E-state index contributed by atoms with van der Waals surface area (Å²) in [4.78, 5) is 26.8. The number of carbonyl (C=O) groups excluding carboxylic acids is 1. The van der Waals surface area contributed by atoms with Crippen LogP contribution in [0.4, 0.5) is 5.82 Å². The largest absolute Gasteiger partial charge is 0.492 e. The minimum Gasteiger partial charge on any atom is -0.492 e. The van der Waals surface area contributed by atoms with Gasteiger partial charge in [-0.15, -0.1) is 0 Å². The molecule has 1 aromatic carbocycles. The molecule has 1 aromatic heterocycles. The number of carbonyl (C=O) groups is 1. The fourth-order valence-electron chi connectivity index (χ4n) is 4.65. The summed E-state index contributed by atoms with van der Waals surface area (Å²) < 4.78 is 11.3. The molecule has 2 fully saturated rings. The van der Waals surface area contributed by atoms with Crippen LogP contribution in [-0.4, -0.2) is 85.3 Å². The lowest BCUT2D eigenvalue weighted by molar-refractivity contribution is 0.0322. The second-order valence-corrected chi connectivity index (χ2v) is 9.16. The van der Waals surface area contributed by atoms with Crippen molar-refractivity contribution in [2.24, 2.45) is 0 Å². The van der Waals surface area contributed by atoms with Gasteiger partial charge in [-0.1, -0.05) is 13.0 Å². The molecule has 33 heavy (non-hydrogen) atoms. The molecule has 8 nitrogen and oxygen atoms in total. The Kier molecular flexibility index (Phi) is 7.45. The molecule has 178 valence electrons. The number of anilines is 1. The van der Waals surface area contributed by atoms with Crippen LogP contribution in [-0.2, 0) is 10.2 Å². The van der Waals surface area contributed by atoms with E-state index in [1.54, 1.807) is 0 Å². The maximum Gasteiger partial charge on any atom is 0.254 e. The number of amides is 1. The predicted molar refractivity (Wildman–Crippen MR) is 128 cm³/mol. The smallest absolute Gasteiger partial charge is 0.254 e. The van der Waals surface area contributed by atoms with Crippen molar-refractivity contribution in [3.63, 3.8) is 0 Å². The van der Waals surface area contributed by atoms with Crippen LogP contribution in [0.15, 0.2) is 30.3 Å². The van der Waals surface area contributed by atoms with Crippen molar-refractivity contribution in [3.8, 4) is 5.75 Å². The van der Waals surface area contributed by atoms with Gasteiger partial charge in [0.05, 0.1) is 18.9 Å². The van der Waals surface area contributed by atoms with Crippen LogP contribution in [0.3, 0.4) is 0 Å². The first kappa shape index (κ1) is 23.4. The van der Waals surface area contributed by atoms with Gasteiger partial charge in [0.15, 0.2) is 0 Å². The molecule has 0 saturated carbocycles. The molecule has 0 radical (unpaired) electrons. The lowest BCUT2D eigenvalue weighted by atomic mass is 9.78. The van der Waals surface area contributed by atoms with Gasteiger partial charge in [0.2, 0.25) is 0 Å². The number of hydrogen-bond donors (Lipinski definition) is 1. The normalized spacial score (nSPS) is 21.6. The standard InChI is InChI=1S/C25H35N5O3/c1-19-27-22(17-23(26-3)28-19)25(2)8-5-9-30(18-25)24(31)20-6-4-7-21(16-20)33-15-12-29-10-13-32-14-11-29/h4,6-7,16-17H,5,8-15,18H2,1-3H3,(H,26,27,28)/t25-/m0/s1. The Balaban J connectivity index is 1.41. The summed E-state index contributed by atoms with van der Waals surface area (Å²) in [7, 11) is 1.86. The number of rotatable bonds is 7. The number of nitrogens with zero attached hydrogens (tertiary/aromatic N) is 4. The number of likely N-dealkylation sites (tertiary alicyclic amines) is 1. The number of hydrogen-bond acceptors (Lipinski definition) is 7. The van der Waals surface area contributed by atoms with E-state index in [9.17, 15) is 4.79 Å². The van der Waals surface area contributed by atoms with E-state index >= 15 is 0 Å². The van der Waals surface area contributed by atoms with Crippen molar-refractivity contribution < 1.29 is 14.3 Å². The van der Waals surface area contributed by atoms with Gasteiger partial charge >= 0.3 is 0 Å². The summed E-state index contributed by atoms with van der Waals surface area (Å²) >= 11 is 0. The molecule has 0 spiro atoms. The van der Waals surface area contributed by atoms with Crippen LogP contribution in [0.25, 0.3) is 0 Å². The lowest BCUT2D eigenvalue weighted by Crippen LogP contribution is -2.47. The maximum absolute atomic E-state index is 13.4. The molecule has 2 saturated heterocycles. The minimum absolute atomic E-state index is 0.0409. The van der Waals surface area contributed by atoms with Crippen LogP contribution in [0.5, 0.6) is 5.75 Å².